The van der Waals surface area contributed by atoms with Gasteiger partial charge >= 0.3 is 0 Å². The molecule has 0 saturated heterocycles. The Bertz CT molecular complexity index is 1050. The Kier molecular flexibility index (Phi) is 5.25. The van der Waals surface area contributed by atoms with Gasteiger partial charge in [0.1, 0.15) is 10.8 Å². The molecule has 0 aliphatic carbocycles. The van der Waals surface area contributed by atoms with Gasteiger partial charge in [-0.05, 0) is 61.4 Å². The first-order valence-corrected chi connectivity index (χ1v) is 8.91. The van der Waals surface area contributed by atoms with E-state index in [4.69, 9.17) is 16.3 Å². The Morgan fingerprint density at radius 1 is 0.926 bits per heavy atom. The van der Waals surface area contributed by atoms with Crippen LogP contribution in [0.5, 0.6) is 0 Å². The zero-order valence-electron chi connectivity index (χ0n) is 14.8. The Morgan fingerprint density at radius 3 is 2.15 bits per heavy atom. The highest BCUT2D eigenvalue weighted by atomic mass is 32.2. The molecule has 27 heavy (non-hydrogen) atoms. The molecule has 0 unspecified atom stereocenters. The number of anilines is 3. The summed E-state index contributed by atoms with van der Waals surface area (Å²) in [4.78, 5) is 9.78. The Balaban J connectivity index is 1.88. The van der Waals surface area contributed by atoms with E-state index in [0.717, 1.165) is 21.7 Å². The number of nitrogens with one attached hydrogen (secondary N) is 1. The number of rotatable bonds is 4. The summed E-state index contributed by atoms with van der Waals surface area (Å²) < 4.78 is 0. The van der Waals surface area contributed by atoms with Crippen LogP contribution in [0.2, 0.25) is 0 Å². The molecular formula is C20H16N6S. The highest BCUT2D eigenvalue weighted by molar-refractivity contribution is 7.99. The average Bonchev–Trinajstić information content (AvgIpc) is 2.64. The van der Waals surface area contributed by atoms with Gasteiger partial charge in [0.05, 0.1) is 23.3 Å². The van der Waals surface area contributed by atoms with Crippen molar-refractivity contribution in [3.8, 4) is 12.1 Å². The summed E-state index contributed by atoms with van der Waals surface area (Å²) in [5.41, 5.74) is 9.95. The fourth-order valence-electron chi connectivity index (χ4n) is 2.59. The number of aryl methyl sites for hydroxylation is 2. The molecule has 6 nitrogen and oxygen atoms in total. The van der Waals surface area contributed by atoms with Gasteiger partial charge in [-0.2, -0.15) is 15.5 Å². The first kappa shape index (κ1) is 18.2. The number of nitrogens with two attached hydrogens (primary N) is 1. The second-order valence-electron chi connectivity index (χ2n) is 5.92. The molecule has 0 saturated carbocycles. The molecule has 3 aromatic rings. The van der Waals surface area contributed by atoms with Gasteiger partial charge in [0, 0.05) is 16.6 Å². The number of hydrogen-bond donors (Lipinski definition) is 2. The molecule has 0 atom stereocenters. The minimum absolute atomic E-state index is 0.354. The van der Waals surface area contributed by atoms with E-state index >= 15 is 0 Å². The minimum atomic E-state index is 0.354. The Morgan fingerprint density at radius 2 is 1.56 bits per heavy atom. The second-order valence-corrected chi connectivity index (χ2v) is 6.95. The normalized spacial score (nSPS) is 10.1. The van der Waals surface area contributed by atoms with Crippen LogP contribution < -0.4 is 11.1 Å². The highest BCUT2D eigenvalue weighted by Gasteiger charge is 2.10. The van der Waals surface area contributed by atoms with Crippen LogP contribution in [0.1, 0.15) is 22.3 Å². The Labute approximate surface area is 161 Å². The molecule has 2 aromatic carbocycles. The maximum absolute atomic E-state index is 9.09. The third kappa shape index (κ3) is 4.35. The van der Waals surface area contributed by atoms with Crippen LogP contribution >= 0.6 is 11.8 Å². The van der Waals surface area contributed by atoms with Crippen molar-refractivity contribution >= 4 is 29.2 Å². The molecule has 7 heteroatoms. The smallest absolute Gasteiger partial charge is 0.230 e. The molecule has 3 N–H and O–H groups in total. The summed E-state index contributed by atoms with van der Waals surface area (Å²) >= 11 is 1.48. The van der Waals surface area contributed by atoms with E-state index in [9.17, 15) is 0 Å². The van der Waals surface area contributed by atoms with Crippen LogP contribution in [0.4, 0.5) is 17.5 Å². The zero-order chi connectivity index (χ0) is 19.4. The molecular weight excluding hydrogens is 356 g/mol. The van der Waals surface area contributed by atoms with Crippen molar-refractivity contribution in [2.75, 3.05) is 11.1 Å². The molecule has 1 aromatic heterocycles. The monoisotopic (exact) mass is 372 g/mol. The average molecular weight is 372 g/mol. The minimum Gasteiger partial charge on any atom is -0.383 e. The van der Waals surface area contributed by atoms with Crippen molar-refractivity contribution in [2.45, 2.75) is 23.8 Å². The van der Waals surface area contributed by atoms with E-state index in [1.807, 2.05) is 26.0 Å². The summed E-state index contributed by atoms with van der Waals surface area (Å²) in [5, 5.41) is 21.8. The molecule has 0 amide bonds. The highest BCUT2D eigenvalue weighted by Crippen LogP contribution is 2.34. The summed E-state index contributed by atoms with van der Waals surface area (Å²) in [6, 6.07) is 16.7. The van der Waals surface area contributed by atoms with Crippen LogP contribution in [0.25, 0.3) is 0 Å². The summed E-state index contributed by atoms with van der Waals surface area (Å²) in [6.07, 6.45) is 0. The van der Waals surface area contributed by atoms with Crippen LogP contribution in [0.3, 0.4) is 0 Å². The standard InChI is InChI=1S/C20H16N6S/c1-12-7-15(11-22)8-13(2)19(12)27-18-9-17(23)25-20(26-18)24-16-5-3-14(10-21)4-6-16/h3-9H,1-2H3,(H3,23,24,25,26). The molecule has 0 radical (unpaired) electrons. The maximum atomic E-state index is 9.09. The van der Waals surface area contributed by atoms with Crippen molar-refractivity contribution in [3.05, 3.63) is 64.7 Å². The number of nitriles is 2. The van der Waals surface area contributed by atoms with Crippen LogP contribution in [0.15, 0.2) is 52.4 Å². The molecule has 0 spiro atoms. The molecule has 0 fully saturated rings. The number of aromatic nitrogens is 2. The lowest BCUT2D eigenvalue weighted by Gasteiger charge is -2.11. The van der Waals surface area contributed by atoms with Gasteiger partial charge in [0.2, 0.25) is 5.95 Å². The zero-order valence-corrected chi connectivity index (χ0v) is 15.6. The van der Waals surface area contributed by atoms with Crippen molar-refractivity contribution < 1.29 is 0 Å². The van der Waals surface area contributed by atoms with Crippen molar-refractivity contribution in [1.82, 2.24) is 9.97 Å². The third-order valence-electron chi connectivity index (χ3n) is 3.79. The van der Waals surface area contributed by atoms with E-state index in [2.05, 4.69) is 27.4 Å². The van der Waals surface area contributed by atoms with Gasteiger partial charge in [-0.15, -0.1) is 0 Å². The number of nitrogens with zero attached hydrogens (tertiary/aromatic N) is 4. The number of hydrogen-bond acceptors (Lipinski definition) is 7. The SMILES string of the molecule is Cc1cc(C#N)cc(C)c1Sc1cc(N)nc(Nc2ccc(C#N)cc2)n1. The quantitative estimate of drug-likeness (QED) is 0.656. The first-order valence-electron chi connectivity index (χ1n) is 8.09. The topological polar surface area (TPSA) is 111 Å². The van der Waals surface area contributed by atoms with Crippen molar-refractivity contribution in [1.29, 1.82) is 10.5 Å². The van der Waals surface area contributed by atoms with Crippen molar-refractivity contribution in [3.63, 3.8) is 0 Å². The second kappa shape index (κ2) is 7.77. The van der Waals surface area contributed by atoms with Crippen LogP contribution in [0, 0.1) is 36.5 Å². The molecule has 3 rings (SSSR count). The van der Waals surface area contributed by atoms with E-state index in [1.165, 1.54) is 11.8 Å². The van der Waals surface area contributed by atoms with Crippen LogP contribution in [-0.4, -0.2) is 9.97 Å². The van der Waals surface area contributed by atoms with E-state index in [1.54, 1.807) is 30.3 Å². The third-order valence-corrected chi connectivity index (χ3v) is 5.06. The lowest BCUT2D eigenvalue weighted by molar-refractivity contribution is 1.06. The van der Waals surface area contributed by atoms with Gasteiger partial charge in [0.15, 0.2) is 0 Å². The lowest BCUT2D eigenvalue weighted by atomic mass is 10.1. The van der Waals surface area contributed by atoms with Gasteiger partial charge in [-0.25, -0.2) is 4.98 Å². The van der Waals surface area contributed by atoms with Crippen molar-refractivity contribution in [2.24, 2.45) is 0 Å². The largest absolute Gasteiger partial charge is 0.383 e. The molecule has 0 aliphatic heterocycles. The predicted octanol–water partition coefficient (Wildman–Crippen LogP) is 4.31. The van der Waals surface area contributed by atoms with Gasteiger partial charge in [0.25, 0.3) is 0 Å². The first-order chi connectivity index (χ1) is 13.0. The number of benzene rings is 2. The summed E-state index contributed by atoms with van der Waals surface area (Å²) in [7, 11) is 0. The van der Waals surface area contributed by atoms with E-state index in [0.29, 0.717) is 27.9 Å². The van der Waals surface area contributed by atoms with Gasteiger partial charge < -0.3 is 11.1 Å². The molecule has 132 valence electrons. The predicted molar refractivity (Wildman–Crippen MR) is 106 cm³/mol. The summed E-state index contributed by atoms with van der Waals surface area (Å²) in [5.74, 6) is 0.735. The van der Waals surface area contributed by atoms with Gasteiger partial charge in [-0.1, -0.05) is 11.8 Å². The summed E-state index contributed by atoms with van der Waals surface area (Å²) in [6.45, 7) is 3.94. The van der Waals surface area contributed by atoms with Gasteiger partial charge in [-0.3, -0.25) is 0 Å². The fourth-order valence-corrected chi connectivity index (χ4v) is 3.55. The number of nitrogen functional groups attached to an aromatic ring is 1. The fraction of sp³-hybridized carbons (Fsp3) is 0.100. The van der Waals surface area contributed by atoms with E-state index in [-0.39, 0.29) is 0 Å². The molecule has 0 aliphatic rings. The maximum Gasteiger partial charge on any atom is 0.230 e. The van der Waals surface area contributed by atoms with E-state index < -0.39 is 0 Å². The van der Waals surface area contributed by atoms with Crippen LogP contribution in [-0.2, 0) is 0 Å². The lowest BCUT2D eigenvalue weighted by Crippen LogP contribution is -2.01. The molecule has 0 bridgehead atoms. The molecule has 1 heterocycles. The Hall–Kier alpha value is -3.55.